The summed E-state index contributed by atoms with van der Waals surface area (Å²) in [6.07, 6.45) is 6.00. The summed E-state index contributed by atoms with van der Waals surface area (Å²) in [5, 5.41) is 0.763. The first-order valence-corrected chi connectivity index (χ1v) is 5.14. The predicted molar refractivity (Wildman–Crippen MR) is 65.5 cm³/mol. The highest BCUT2D eigenvalue weighted by molar-refractivity contribution is 6.32. The normalized spacial score (nSPS) is 15.5. The van der Waals surface area contributed by atoms with Crippen molar-refractivity contribution in [1.82, 2.24) is 4.90 Å². The number of hydrogen-bond donors (Lipinski definition) is 0. The van der Waals surface area contributed by atoms with E-state index in [1.807, 2.05) is 54.4 Å². The standard InChI is InChI=1S/C13H12ClN/c1-10-6-5-9-13(15(10)2)11-7-3-4-8-12(11)14/h3-9H,1H2,2H3. The summed E-state index contributed by atoms with van der Waals surface area (Å²) >= 11 is 6.15. The van der Waals surface area contributed by atoms with Crippen LogP contribution in [-0.4, -0.2) is 11.9 Å². The molecule has 1 aromatic rings. The molecule has 0 unspecified atom stereocenters. The van der Waals surface area contributed by atoms with Crippen LogP contribution >= 0.6 is 11.6 Å². The second-order valence-electron chi connectivity index (χ2n) is 3.44. The lowest BCUT2D eigenvalue weighted by Crippen LogP contribution is -2.16. The summed E-state index contributed by atoms with van der Waals surface area (Å²) in [4.78, 5) is 2.03. The second kappa shape index (κ2) is 3.95. The van der Waals surface area contributed by atoms with Crippen molar-refractivity contribution in [2.75, 3.05) is 7.05 Å². The molecule has 1 aliphatic rings. The molecule has 0 atom stereocenters. The van der Waals surface area contributed by atoms with Gasteiger partial charge in [-0.05, 0) is 18.2 Å². The van der Waals surface area contributed by atoms with Crippen molar-refractivity contribution in [2.45, 2.75) is 0 Å². The molecule has 2 heteroatoms. The molecule has 0 saturated heterocycles. The summed E-state index contributed by atoms with van der Waals surface area (Å²) in [6, 6.07) is 7.82. The smallest absolute Gasteiger partial charge is 0.0499 e. The molecule has 1 aromatic carbocycles. The third-order valence-electron chi connectivity index (χ3n) is 2.48. The van der Waals surface area contributed by atoms with Gasteiger partial charge >= 0.3 is 0 Å². The SMILES string of the molecule is C=C1C=CC=C(c2ccccc2Cl)N1C. The van der Waals surface area contributed by atoms with E-state index in [-0.39, 0.29) is 0 Å². The topological polar surface area (TPSA) is 3.24 Å². The van der Waals surface area contributed by atoms with Crippen LogP contribution in [0, 0.1) is 0 Å². The van der Waals surface area contributed by atoms with E-state index in [2.05, 4.69) is 6.58 Å². The van der Waals surface area contributed by atoms with E-state index in [1.165, 1.54) is 0 Å². The van der Waals surface area contributed by atoms with Gasteiger partial charge in [-0.25, -0.2) is 0 Å². The molecule has 0 amide bonds. The van der Waals surface area contributed by atoms with Crippen LogP contribution < -0.4 is 0 Å². The fraction of sp³-hybridized carbons (Fsp3) is 0.0769. The Bertz CT molecular complexity index is 457. The van der Waals surface area contributed by atoms with E-state index >= 15 is 0 Å². The van der Waals surface area contributed by atoms with Crippen LogP contribution in [0.3, 0.4) is 0 Å². The fourth-order valence-corrected chi connectivity index (χ4v) is 1.80. The largest absolute Gasteiger partial charge is 0.345 e. The maximum Gasteiger partial charge on any atom is 0.0499 e. The molecule has 0 aliphatic carbocycles. The molecule has 0 fully saturated rings. The van der Waals surface area contributed by atoms with Crippen molar-refractivity contribution < 1.29 is 0 Å². The van der Waals surface area contributed by atoms with Gasteiger partial charge in [0.1, 0.15) is 0 Å². The van der Waals surface area contributed by atoms with Gasteiger partial charge in [0.2, 0.25) is 0 Å². The highest BCUT2D eigenvalue weighted by Gasteiger charge is 2.13. The van der Waals surface area contributed by atoms with Gasteiger partial charge < -0.3 is 4.90 Å². The molecule has 1 aliphatic heterocycles. The molecular weight excluding hydrogens is 206 g/mol. The number of benzene rings is 1. The molecule has 1 nitrogen and oxygen atoms in total. The number of nitrogens with zero attached hydrogens (tertiary/aromatic N) is 1. The number of likely N-dealkylation sites (N-methyl/N-ethyl adjacent to an activating group) is 1. The summed E-state index contributed by atoms with van der Waals surface area (Å²) in [7, 11) is 1.99. The van der Waals surface area contributed by atoms with Gasteiger partial charge in [-0.1, -0.05) is 42.5 Å². The van der Waals surface area contributed by atoms with Gasteiger partial charge in [0.25, 0.3) is 0 Å². The minimum atomic E-state index is 0.763. The Morgan fingerprint density at radius 2 is 2.00 bits per heavy atom. The summed E-state index contributed by atoms with van der Waals surface area (Å²) in [6.45, 7) is 3.96. The molecular formula is C13H12ClN. The summed E-state index contributed by atoms with van der Waals surface area (Å²) in [5.41, 5.74) is 3.08. The van der Waals surface area contributed by atoms with Crippen LogP contribution in [-0.2, 0) is 0 Å². The molecule has 0 bridgehead atoms. The highest BCUT2D eigenvalue weighted by Crippen LogP contribution is 2.29. The van der Waals surface area contributed by atoms with Gasteiger partial charge in [-0.3, -0.25) is 0 Å². The first-order valence-electron chi connectivity index (χ1n) is 4.76. The Hall–Kier alpha value is -1.47. The molecule has 0 N–H and O–H groups in total. The van der Waals surface area contributed by atoms with Crippen molar-refractivity contribution in [3.8, 4) is 0 Å². The Kier molecular flexibility index (Phi) is 2.65. The summed E-state index contributed by atoms with van der Waals surface area (Å²) < 4.78 is 0. The van der Waals surface area contributed by atoms with Gasteiger partial charge in [-0.2, -0.15) is 0 Å². The first-order chi connectivity index (χ1) is 7.20. The van der Waals surface area contributed by atoms with Crippen molar-refractivity contribution in [1.29, 1.82) is 0 Å². The zero-order valence-corrected chi connectivity index (χ0v) is 9.33. The lowest BCUT2D eigenvalue weighted by atomic mass is 10.1. The van der Waals surface area contributed by atoms with E-state index in [0.29, 0.717) is 0 Å². The molecule has 0 saturated carbocycles. The predicted octanol–water partition coefficient (Wildman–Crippen LogP) is 3.70. The Labute approximate surface area is 95.0 Å². The minimum absolute atomic E-state index is 0.763. The van der Waals surface area contributed by atoms with Crippen molar-refractivity contribution in [3.63, 3.8) is 0 Å². The van der Waals surface area contributed by atoms with Gasteiger partial charge in [0.15, 0.2) is 0 Å². The number of allylic oxidation sites excluding steroid dienone is 3. The number of hydrogen-bond acceptors (Lipinski definition) is 1. The Balaban J connectivity index is 2.48. The molecule has 0 spiro atoms. The molecule has 15 heavy (non-hydrogen) atoms. The second-order valence-corrected chi connectivity index (χ2v) is 3.85. The van der Waals surface area contributed by atoms with Crippen LogP contribution in [0.2, 0.25) is 5.02 Å². The first kappa shape index (κ1) is 10.1. The molecule has 0 radical (unpaired) electrons. The Morgan fingerprint density at radius 3 is 2.73 bits per heavy atom. The van der Waals surface area contributed by atoms with E-state index in [1.54, 1.807) is 0 Å². The van der Waals surface area contributed by atoms with Crippen molar-refractivity contribution in [3.05, 3.63) is 65.4 Å². The van der Waals surface area contributed by atoms with Crippen LogP contribution in [0.25, 0.3) is 5.70 Å². The summed E-state index contributed by atoms with van der Waals surface area (Å²) in [5.74, 6) is 0. The Morgan fingerprint density at radius 1 is 1.27 bits per heavy atom. The van der Waals surface area contributed by atoms with Crippen LogP contribution in [0.1, 0.15) is 5.56 Å². The molecule has 76 valence electrons. The van der Waals surface area contributed by atoms with E-state index in [4.69, 9.17) is 11.6 Å². The molecule has 0 aromatic heterocycles. The number of rotatable bonds is 1. The third kappa shape index (κ3) is 1.83. The molecule has 1 heterocycles. The zero-order valence-electron chi connectivity index (χ0n) is 8.57. The van der Waals surface area contributed by atoms with Crippen molar-refractivity contribution >= 4 is 17.3 Å². The minimum Gasteiger partial charge on any atom is -0.345 e. The lowest BCUT2D eigenvalue weighted by Gasteiger charge is -2.26. The number of halogens is 1. The van der Waals surface area contributed by atoms with Crippen LogP contribution in [0.5, 0.6) is 0 Å². The van der Waals surface area contributed by atoms with Gasteiger partial charge in [-0.15, -0.1) is 0 Å². The average molecular weight is 218 g/mol. The van der Waals surface area contributed by atoms with Gasteiger partial charge in [0, 0.05) is 29.0 Å². The van der Waals surface area contributed by atoms with E-state index in [9.17, 15) is 0 Å². The van der Waals surface area contributed by atoms with Crippen LogP contribution in [0.4, 0.5) is 0 Å². The van der Waals surface area contributed by atoms with Gasteiger partial charge in [0.05, 0.1) is 0 Å². The fourth-order valence-electron chi connectivity index (χ4n) is 1.57. The van der Waals surface area contributed by atoms with Crippen LogP contribution in [0.15, 0.2) is 54.8 Å². The average Bonchev–Trinajstić information content (AvgIpc) is 2.23. The highest BCUT2D eigenvalue weighted by atomic mass is 35.5. The zero-order chi connectivity index (χ0) is 10.8. The molecule has 2 rings (SSSR count). The quantitative estimate of drug-likeness (QED) is 0.694. The lowest BCUT2D eigenvalue weighted by molar-refractivity contribution is 0.615. The monoisotopic (exact) mass is 217 g/mol. The van der Waals surface area contributed by atoms with Crippen molar-refractivity contribution in [2.24, 2.45) is 0 Å². The van der Waals surface area contributed by atoms with E-state index in [0.717, 1.165) is 22.0 Å². The maximum atomic E-state index is 6.15. The van der Waals surface area contributed by atoms with E-state index < -0.39 is 0 Å². The third-order valence-corrected chi connectivity index (χ3v) is 2.81. The maximum absolute atomic E-state index is 6.15.